The third-order valence-electron chi connectivity index (χ3n) is 3.06. The summed E-state index contributed by atoms with van der Waals surface area (Å²) in [4.78, 5) is 41.9. The molecule has 112 valence electrons. The summed E-state index contributed by atoms with van der Waals surface area (Å²) in [7, 11) is 3.19. The van der Waals surface area contributed by atoms with Crippen molar-refractivity contribution in [2.24, 2.45) is 0 Å². The number of nitrogens with zero attached hydrogens (tertiary/aromatic N) is 2. The number of hydrogen-bond acceptors (Lipinski definition) is 5. The van der Waals surface area contributed by atoms with E-state index in [1.165, 1.54) is 11.0 Å². The van der Waals surface area contributed by atoms with Crippen molar-refractivity contribution in [3.05, 3.63) is 61.4 Å². The van der Waals surface area contributed by atoms with Crippen LogP contribution < -0.4 is 16.1 Å². The summed E-state index contributed by atoms with van der Waals surface area (Å²) >= 11 is 0. The molecule has 7 nitrogen and oxygen atoms in total. The van der Waals surface area contributed by atoms with Crippen LogP contribution in [0.3, 0.4) is 0 Å². The van der Waals surface area contributed by atoms with Gasteiger partial charge in [-0.1, -0.05) is 0 Å². The van der Waals surface area contributed by atoms with E-state index in [0.717, 1.165) is 5.56 Å². The van der Waals surface area contributed by atoms with Crippen LogP contribution >= 0.6 is 0 Å². The van der Waals surface area contributed by atoms with E-state index >= 15 is 0 Å². The Morgan fingerprint density at radius 1 is 1.18 bits per heavy atom. The summed E-state index contributed by atoms with van der Waals surface area (Å²) in [5, 5.41) is 8.99. The van der Waals surface area contributed by atoms with Gasteiger partial charge in [0.1, 0.15) is 11.4 Å². The fourth-order valence-electron chi connectivity index (χ4n) is 2.19. The zero-order valence-electron chi connectivity index (χ0n) is 12.4. The third kappa shape index (κ3) is 2.81. The first-order valence-corrected chi connectivity index (χ1v) is 6.44. The molecule has 7 heteroatoms. The number of nitriles is 1. The molecule has 0 aliphatic rings. The molecule has 1 aromatic carbocycles. The highest BCUT2D eigenvalue weighted by Crippen LogP contribution is 2.17. The van der Waals surface area contributed by atoms with Crippen molar-refractivity contribution in [3.8, 4) is 6.07 Å². The fraction of sp³-hybridized carbons (Fsp3) is 0.200. The van der Waals surface area contributed by atoms with Crippen LogP contribution in [0, 0.1) is 18.3 Å². The first-order valence-electron chi connectivity index (χ1n) is 6.44. The van der Waals surface area contributed by atoms with E-state index in [1.807, 2.05) is 6.07 Å². The van der Waals surface area contributed by atoms with Gasteiger partial charge >= 0.3 is 5.69 Å². The number of H-pyrrole nitrogens is 2. The van der Waals surface area contributed by atoms with E-state index in [4.69, 9.17) is 5.26 Å². The molecule has 0 atom stereocenters. The van der Waals surface area contributed by atoms with E-state index in [9.17, 15) is 14.4 Å². The normalized spacial score (nSPS) is 10.1. The summed E-state index contributed by atoms with van der Waals surface area (Å²) in [6, 6.07) is 6.64. The molecule has 1 aromatic heterocycles. The maximum atomic E-state index is 12.6. The number of aryl methyl sites for hydroxylation is 1. The SMILES string of the molecule is Cc1cc(C#N)cc(C(=O)c2[nH]c(=O)[nH]c(=O)c2N(C)C)c1. The molecule has 0 fully saturated rings. The van der Waals surface area contributed by atoms with Gasteiger partial charge in [0.15, 0.2) is 0 Å². The van der Waals surface area contributed by atoms with Gasteiger partial charge in [-0.3, -0.25) is 14.6 Å². The molecule has 0 aliphatic heterocycles. The van der Waals surface area contributed by atoms with Gasteiger partial charge in [-0.05, 0) is 30.7 Å². The van der Waals surface area contributed by atoms with E-state index in [1.54, 1.807) is 33.2 Å². The second-order valence-corrected chi connectivity index (χ2v) is 5.05. The summed E-state index contributed by atoms with van der Waals surface area (Å²) in [6.07, 6.45) is 0. The Morgan fingerprint density at radius 2 is 1.86 bits per heavy atom. The van der Waals surface area contributed by atoms with E-state index in [-0.39, 0.29) is 16.9 Å². The summed E-state index contributed by atoms with van der Waals surface area (Å²) in [5.41, 5.74) is -0.140. The van der Waals surface area contributed by atoms with Gasteiger partial charge in [0.05, 0.1) is 11.6 Å². The maximum Gasteiger partial charge on any atom is 0.326 e. The minimum atomic E-state index is -0.757. The van der Waals surface area contributed by atoms with Crippen molar-refractivity contribution >= 4 is 11.5 Å². The Kier molecular flexibility index (Phi) is 3.95. The zero-order chi connectivity index (χ0) is 16.4. The monoisotopic (exact) mass is 298 g/mol. The van der Waals surface area contributed by atoms with Gasteiger partial charge in [-0.25, -0.2) is 4.79 Å². The molecule has 0 radical (unpaired) electrons. The van der Waals surface area contributed by atoms with Crippen LogP contribution in [0.15, 0.2) is 27.8 Å². The molecule has 2 rings (SSSR count). The first-order chi connectivity index (χ1) is 10.3. The van der Waals surface area contributed by atoms with Crippen LogP contribution in [0.4, 0.5) is 5.69 Å². The molecule has 0 saturated heterocycles. The van der Waals surface area contributed by atoms with E-state index < -0.39 is 17.0 Å². The lowest BCUT2D eigenvalue weighted by atomic mass is 10.0. The molecule has 0 aliphatic carbocycles. The van der Waals surface area contributed by atoms with Crippen LogP contribution in [-0.4, -0.2) is 29.8 Å². The lowest BCUT2D eigenvalue weighted by molar-refractivity contribution is 0.103. The van der Waals surface area contributed by atoms with Crippen molar-refractivity contribution in [2.45, 2.75) is 6.92 Å². The molecule has 0 spiro atoms. The predicted octanol–water partition coefficient (Wildman–Crippen LogP) is 0.540. The van der Waals surface area contributed by atoms with Gasteiger partial charge in [-0.15, -0.1) is 0 Å². The molecule has 0 bridgehead atoms. The fourth-order valence-corrected chi connectivity index (χ4v) is 2.19. The Morgan fingerprint density at radius 3 is 2.45 bits per heavy atom. The Hall–Kier alpha value is -3.14. The maximum absolute atomic E-state index is 12.6. The van der Waals surface area contributed by atoms with Crippen LogP contribution in [0.25, 0.3) is 0 Å². The van der Waals surface area contributed by atoms with Gasteiger partial charge in [0, 0.05) is 19.7 Å². The Balaban J connectivity index is 2.70. The van der Waals surface area contributed by atoms with Crippen molar-refractivity contribution in [3.63, 3.8) is 0 Å². The first kappa shape index (κ1) is 15.3. The number of rotatable bonds is 3. The number of hydrogen-bond donors (Lipinski definition) is 2. The highest BCUT2D eigenvalue weighted by Gasteiger charge is 2.20. The lowest BCUT2D eigenvalue weighted by Crippen LogP contribution is -2.32. The molecule has 1 heterocycles. The molecule has 22 heavy (non-hydrogen) atoms. The minimum Gasteiger partial charge on any atom is -0.371 e. The summed E-state index contributed by atoms with van der Waals surface area (Å²) < 4.78 is 0. The highest BCUT2D eigenvalue weighted by molar-refractivity contribution is 6.11. The van der Waals surface area contributed by atoms with Gasteiger partial charge in [0.2, 0.25) is 5.78 Å². The second-order valence-electron chi connectivity index (χ2n) is 5.05. The lowest BCUT2D eigenvalue weighted by Gasteiger charge is -2.14. The highest BCUT2D eigenvalue weighted by atomic mass is 16.2. The topological polar surface area (TPSA) is 110 Å². The zero-order valence-corrected chi connectivity index (χ0v) is 12.4. The molecule has 2 aromatic rings. The second kappa shape index (κ2) is 5.69. The van der Waals surface area contributed by atoms with Gasteiger partial charge in [-0.2, -0.15) is 5.26 Å². The smallest absolute Gasteiger partial charge is 0.326 e. The molecule has 2 N–H and O–H groups in total. The van der Waals surface area contributed by atoms with Crippen LogP contribution in [0.1, 0.15) is 27.2 Å². The van der Waals surface area contributed by atoms with Gasteiger partial charge < -0.3 is 9.88 Å². The number of nitrogens with one attached hydrogen (secondary N) is 2. The predicted molar refractivity (Wildman–Crippen MR) is 81.3 cm³/mol. The van der Waals surface area contributed by atoms with Crippen molar-refractivity contribution < 1.29 is 4.79 Å². The van der Waals surface area contributed by atoms with Crippen molar-refractivity contribution in [2.75, 3.05) is 19.0 Å². The van der Waals surface area contributed by atoms with Crippen LogP contribution in [-0.2, 0) is 0 Å². The Bertz CT molecular complexity index is 900. The standard InChI is InChI=1S/C15H14N4O3/c1-8-4-9(7-16)6-10(5-8)13(20)11-12(19(2)3)14(21)18-15(22)17-11/h4-6H,1-3H3,(H2,17,18,21,22). The quantitative estimate of drug-likeness (QED) is 0.804. The largest absolute Gasteiger partial charge is 0.371 e. The van der Waals surface area contributed by atoms with Crippen molar-refractivity contribution in [1.29, 1.82) is 5.26 Å². The minimum absolute atomic E-state index is 0.0598. The summed E-state index contributed by atoms with van der Waals surface area (Å²) in [6.45, 7) is 1.75. The number of benzene rings is 1. The molecule has 0 amide bonds. The summed E-state index contributed by atoms with van der Waals surface area (Å²) in [5.74, 6) is -0.521. The third-order valence-corrected chi connectivity index (χ3v) is 3.06. The molecule has 0 unspecified atom stereocenters. The van der Waals surface area contributed by atoms with Gasteiger partial charge in [0.25, 0.3) is 5.56 Å². The molecular formula is C15H14N4O3. The molecular weight excluding hydrogens is 284 g/mol. The number of anilines is 1. The van der Waals surface area contributed by atoms with Crippen molar-refractivity contribution in [1.82, 2.24) is 9.97 Å². The van der Waals surface area contributed by atoms with Crippen LogP contribution in [0.2, 0.25) is 0 Å². The average Bonchev–Trinajstić information content (AvgIpc) is 2.44. The molecule has 0 saturated carbocycles. The number of carbonyl (C=O) groups excluding carboxylic acids is 1. The number of ketones is 1. The van der Waals surface area contributed by atoms with Crippen LogP contribution in [0.5, 0.6) is 0 Å². The average molecular weight is 298 g/mol. The van der Waals surface area contributed by atoms with E-state index in [0.29, 0.717) is 5.56 Å². The number of aromatic amines is 2. The Labute approximate surface area is 125 Å². The van der Waals surface area contributed by atoms with E-state index in [2.05, 4.69) is 9.97 Å². The number of aromatic nitrogens is 2. The number of carbonyl (C=O) groups is 1.